The quantitative estimate of drug-likeness (QED) is 0.447. The summed E-state index contributed by atoms with van der Waals surface area (Å²) in [6, 6.07) is 19.2. The lowest BCUT2D eigenvalue weighted by molar-refractivity contribution is 0.102. The summed E-state index contributed by atoms with van der Waals surface area (Å²) in [4.78, 5) is 21.5. The van der Waals surface area contributed by atoms with Gasteiger partial charge >= 0.3 is 0 Å². The van der Waals surface area contributed by atoms with E-state index in [0.717, 1.165) is 22.4 Å². The molecule has 0 aliphatic heterocycles. The Hall–Kier alpha value is -3.70. The van der Waals surface area contributed by atoms with Crippen LogP contribution >= 0.6 is 11.6 Å². The highest BCUT2D eigenvalue weighted by Gasteiger charge is 2.14. The predicted octanol–water partition coefficient (Wildman–Crippen LogP) is 5.42. The molecule has 0 saturated heterocycles. The summed E-state index contributed by atoms with van der Waals surface area (Å²) in [5.74, 6) is -0.160. The van der Waals surface area contributed by atoms with Crippen molar-refractivity contribution in [2.45, 2.75) is 0 Å². The van der Waals surface area contributed by atoms with Crippen molar-refractivity contribution in [1.29, 1.82) is 0 Å². The second-order valence-corrected chi connectivity index (χ2v) is 6.81. The zero-order chi connectivity index (χ0) is 20.2. The molecule has 0 atom stereocenters. The van der Waals surface area contributed by atoms with E-state index in [9.17, 15) is 9.90 Å². The first-order chi connectivity index (χ1) is 14.1. The number of rotatable bonds is 4. The first-order valence-electron chi connectivity index (χ1n) is 8.87. The predicted molar refractivity (Wildman–Crippen MR) is 114 cm³/mol. The topological polar surface area (TPSA) is 75.1 Å². The third-order valence-corrected chi connectivity index (χ3v) is 4.62. The van der Waals surface area contributed by atoms with Crippen LogP contribution < -0.4 is 5.32 Å². The second-order valence-electron chi connectivity index (χ2n) is 6.37. The van der Waals surface area contributed by atoms with Crippen LogP contribution in [0.4, 0.5) is 5.69 Å². The maximum Gasteiger partial charge on any atom is 0.257 e. The molecule has 5 nitrogen and oxygen atoms in total. The summed E-state index contributed by atoms with van der Waals surface area (Å²) in [6.45, 7) is 0. The van der Waals surface area contributed by atoms with Crippen molar-refractivity contribution in [1.82, 2.24) is 9.97 Å². The third kappa shape index (κ3) is 4.25. The number of carbonyl (C=O) groups is 1. The molecule has 1 amide bonds. The van der Waals surface area contributed by atoms with Crippen molar-refractivity contribution < 1.29 is 9.90 Å². The molecule has 4 rings (SSSR count). The van der Waals surface area contributed by atoms with Crippen molar-refractivity contribution in [3.8, 4) is 28.1 Å². The first-order valence-corrected chi connectivity index (χ1v) is 9.25. The lowest BCUT2D eigenvalue weighted by Gasteiger charge is -2.12. The van der Waals surface area contributed by atoms with E-state index < -0.39 is 0 Å². The molecule has 0 radical (unpaired) electrons. The van der Waals surface area contributed by atoms with Crippen LogP contribution in [0.2, 0.25) is 5.02 Å². The van der Waals surface area contributed by atoms with Gasteiger partial charge < -0.3 is 10.4 Å². The van der Waals surface area contributed by atoms with Gasteiger partial charge in [-0.3, -0.25) is 14.8 Å². The largest absolute Gasteiger partial charge is 0.508 e. The zero-order valence-corrected chi connectivity index (χ0v) is 16.0. The number of benzene rings is 2. The van der Waals surface area contributed by atoms with E-state index >= 15 is 0 Å². The number of nitrogens with one attached hydrogen (secondary N) is 1. The van der Waals surface area contributed by atoms with E-state index in [1.54, 1.807) is 48.9 Å². The summed E-state index contributed by atoms with van der Waals surface area (Å²) in [7, 11) is 0. The fourth-order valence-electron chi connectivity index (χ4n) is 2.92. The van der Waals surface area contributed by atoms with Gasteiger partial charge in [0.1, 0.15) is 5.75 Å². The Labute approximate surface area is 172 Å². The second kappa shape index (κ2) is 8.12. The molecule has 0 fully saturated rings. The van der Waals surface area contributed by atoms with Gasteiger partial charge in [0.15, 0.2) is 0 Å². The van der Waals surface area contributed by atoms with Gasteiger partial charge in [-0.2, -0.15) is 0 Å². The SMILES string of the molecule is O=C(Nc1ccc(O)cc1)c1cnc(-c2ccc(Cl)cc2)c(-c2cccnc2)c1. The molecule has 2 aromatic carbocycles. The molecular formula is C23H16ClN3O2. The molecular weight excluding hydrogens is 386 g/mol. The number of carbonyl (C=O) groups excluding carboxylic acids is 1. The summed E-state index contributed by atoms with van der Waals surface area (Å²) in [5, 5.41) is 12.8. The van der Waals surface area contributed by atoms with Gasteiger partial charge in [-0.05, 0) is 48.5 Å². The van der Waals surface area contributed by atoms with Gasteiger partial charge in [0.2, 0.25) is 0 Å². The van der Waals surface area contributed by atoms with Crippen molar-refractivity contribution in [3.63, 3.8) is 0 Å². The molecule has 2 heterocycles. The van der Waals surface area contributed by atoms with Crippen LogP contribution in [-0.4, -0.2) is 21.0 Å². The molecule has 0 aliphatic carbocycles. The number of anilines is 1. The molecule has 2 aromatic heterocycles. The summed E-state index contributed by atoms with van der Waals surface area (Å²) in [6.07, 6.45) is 4.97. The van der Waals surface area contributed by atoms with E-state index in [1.807, 2.05) is 24.3 Å². The highest BCUT2D eigenvalue weighted by atomic mass is 35.5. The molecule has 2 N–H and O–H groups in total. The van der Waals surface area contributed by atoms with Crippen molar-refractivity contribution in [2.24, 2.45) is 0 Å². The molecule has 142 valence electrons. The summed E-state index contributed by atoms with van der Waals surface area (Å²) in [5.41, 5.74) is 4.25. The number of nitrogens with zero attached hydrogens (tertiary/aromatic N) is 2. The first kappa shape index (κ1) is 18.7. The van der Waals surface area contributed by atoms with E-state index in [4.69, 9.17) is 11.6 Å². The third-order valence-electron chi connectivity index (χ3n) is 4.37. The Morgan fingerprint density at radius 3 is 2.38 bits per heavy atom. The van der Waals surface area contributed by atoms with Crippen LogP contribution in [0.1, 0.15) is 10.4 Å². The van der Waals surface area contributed by atoms with Crippen LogP contribution in [0.5, 0.6) is 5.75 Å². The van der Waals surface area contributed by atoms with Gasteiger partial charge in [-0.15, -0.1) is 0 Å². The highest BCUT2D eigenvalue weighted by molar-refractivity contribution is 6.30. The average Bonchev–Trinajstić information content (AvgIpc) is 2.76. The van der Waals surface area contributed by atoms with Gasteiger partial charge in [0, 0.05) is 46.0 Å². The van der Waals surface area contributed by atoms with Gasteiger partial charge in [0.05, 0.1) is 11.3 Å². The number of hydrogen-bond acceptors (Lipinski definition) is 4. The van der Waals surface area contributed by atoms with Gasteiger partial charge in [-0.1, -0.05) is 29.8 Å². The Kier molecular flexibility index (Phi) is 5.22. The van der Waals surface area contributed by atoms with Crippen molar-refractivity contribution in [2.75, 3.05) is 5.32 Å². The summed E-state index contributed by atoms with van der Waals surface area (Å²) < 4.78 is 0. The van der Waals surface area contributed by atoms with Crippen LogP contribution in [0.25, 0.3) is 22.4 Å². The smallest absolute Gasteiger partial charge is 0.257 e. The lowest BCUT2D eigenvalue weighted by Crippen LogP contribution is -2.12. The minimum Gasteiger partial charge on any atom is -0.508 e. The number of phenols is 1. The van der Waals surface area contributed by atoms with Crippen molar-refractivity contribution >= 4 is 23.2 Å². The number of hydrogen-bond donors (Lipinski definition) is 2. The van der Waals surface area contributed by atoms with E-state index in [0.29, 0.717) is 16.3 Å². The normalized spacial score (nSPS) is 10.5. The van der Waals surface area contributed by atoms with E-state index in [1.165, 1.54) is 12.1 Å². The zero-order valence-electron chi connectivity index (χ0n) is 15.2. The minimum absolute atomic E-state index is 0.135. The average molecular weight is 402 g/mol. The lowest BCUT2D eigenvalue weighted by atomic mass is 9.99. The fraction of sp³-hybridized carbons (Fsp3) is 0. The number of aromatic hydroxyl groups is 1. The molecule has 0 saturated carbocycles. The number of halogens is 1. The van der Waals surface area contributed by atoms with Crippen LogP contribution in [0.3, 0.4) is 0 Å². The van der Waals surface area contributed by atoms with E-state index in [2.05, 4.69) is 15.3 Å². The van der Waals surface area contributed by atoms with Crippen LogP contribution in [0, 0.1) is 0 Å². The molecule has 6 heteroatoms. The minimum atomic E-state index is -0.295. The molecule has 4 aromatic rings. The Morgan fingerprint density at radius 2 is 1.69 bits per heavy atom. The Morgan fingerprint density at radius 1 is 0.931 bits per heavy atom. The molecule has 0 unspecified atom stereocenters. The standard InChI is InChI=1S/C23H16ClN3O2/c24-18-5-3-15(4-6-18)22-21(16-2-1-11-25-13-16)12-17(14-26-22)23(29)27-19-7-9-20(28)10-8-19/h1-14,28H,(H,27,29). The van der Waals surface area contributed by atoms with Gasteiger partial charge in [-0.25, -0.2) is 0 Å². The number of amides is 1. The molecule has 29 heavy (non-hydrogen) atoms. The van der Waals surface area contributed by atoms with Crippen LogP contribution in [0.15, 0.2) is 85.3 Å². The highest BCUT2D eigenvalue weighted by Crippen LogP contribution is 2.31. The van der Waals surface area contributed by atoms with Crippen LogP contribution in [-0.2, 0) is 0 Å². The monoisotopic (exact) mass is 401 g/mol. The summed E-state index contributed by atoms with van der Waals surface area (Å²) >= 11 is 6.01. The fourth-order valence-corrected chi connectivity index (χ4v) is 3.04. The number of aromatic nitrogens is 2. The Bertz CT molecular complexity index is 1150. The van der Waals surface area contributed by atoms with Gasteiger partial charge in [0.25, 0.3) is 5.91 Å². The van der Waals surface area contributed by atoms with Crippen molar-refractivity contribution in [3.05, 3.63) is 95.9 Å². The molecule has 0 aliphatic rings. The van der Waals surface area contributed by atoms with E-state index in [-0.39, 0.29) is 11.7 Å². The molecule has 0 spiro atoms. The Balaban J connectivity index is 1.74. The maximum atomic E-state index is 12.7. The number of pyridine rings is 2. The number of phenolic OH excluding ortho intramolecular Hbond substituents is 1. The maximum absolute atomic E-state index is 12.7. The molecule has 0 bridgehead atoms.